The maximum Gasteiger partial charge on any atom is 0.225 e. The molecule has 6 heteroatoms. The minimum atomic E-state index is -3.33. The van der Waals surface area contributed by atoms with Crippen LogP contribution in [0.15, 0.2) is 24.3 Å². The third kappa shape index (κ3) is 4.46. The molecule has 1 aliphatic heterocycles. The number of rotatable bonds is 5. The van der Waals surface area contributed by atoms with Gasteiger partial charge in [-0.05, 0) is 38.2 Å². The number of carbonyl (C=O) groups excluding carboxylic acids is 1. The maximum atomic E-state index is 12.7. The Kier molecular flexibility index (Phi) is 6.03. The van der Waals surface area contributed by atoms with Crippen molar-refractivity contribution in [2.45, 2.75) is 57.2 Å². The van der Waals surface area contributed by atoms with E-state index in [1.165, 1.54) is 12.8 Å². The third-order valence-electron chi connectivity index (χ3n) is 5.85. The van der Waals surface area contributed by atoms with Crippen molar-refractivity contribution in [1.82, 2.24) is 9.21 Å². The van der Waals surface area contributed by atoms with Gasteiger partial charge in [-0.15, -0.1) is 0 Å². The summed E-state index contributed by atoms with van der Waals surface area (Å²) in [6.45, 7) is 2.86. The standard InChI is InChI=1S/C20H30N2O3S/c1-16-6-5-7-17(14-16)15-26(24,25)22-12-10-18(11-13-22)20(23)21(2)19-8-3-4-9-19/h5-7,14,18-19H,3-4,8-13,15H2,1-2H3. The molecule has 0 aromatic heterocycles. The van der Waals surface area contributed by atoms with Gasteiger partial charge >= 0.3 is 0 Å². The number of sulfonamides is 1. The van der Waals surface area contributed by atoms with Crippen LogP contribution >= 0.6 is 0 Å². The van der Waals surface area contributed by atoms with E-state index < -0.39 is 10.0 Å². The van der Waals surface area contributed by atoms with Gasteiger partial charge in [0.05, 0.1) is 5.75 Å². The van der Waals surface area contributed by atoms with Crippen molar-refractivity contribution in [3.05, 3.63) is 35.4 Å². The summed E-state index contributed by atoms with van der Waals surface area (Å²) in [5, 5.41) is 0. The molecule has 1 amide bonds. The lowest BCUT2D eigenvalue weighted by Crippen LogP contribution is -2.45. The van der Waals surface area contributed by atoms with Crippen LogP contribution in [0.4, 0.5) is 0 Å². The van der Waals surface area contributed by atoms with Gasteiger partial charge in [0.15, 0.2) is 0 Å². The number of benzene rings is 1. The van der Waals surface area contributed by atoms with E-state index in [0.717, 1.165) is 24.0 Å². The first-order valence-electron chi connectivity index (χ1n) is 9.67. The molecule has 0 atom stereocenters. The predicted molar refractivity (Wildman–Crippen MR) is 103 cm³/mol. The number of nitrogens with zero attached hydrogens (tertiary/aromatic N) is 2. The first kappa shape index (κ1) is 19.4. The van der Waals surface area contributed by atoms with Gasteiger partial charge in [0, 0.05) is 32.1 Å². The first-order chi connectivity index (χ1) is 12.4. The van der Waals surface area contributed by atoms with Crippen LogP contribution in [0.3, 0.4) is 0 Å². The van der Waals surface area contributed by atoms with E-state index in [9.17, 15) is 13.2 Å². The van der Waals surface area contributed by atoms with Gasteiger partial charge in [-0.3, -0.25) is 4.79 Å². The number of hydrogen-bond donors (Lipinski definition) is 0. The Labute approximate surface area is 157 Å². The van der Waals surface area contributed by atoms with Gasteiger partial charge in [0.2, 0.25) is 15.9 Å². The number of piperidine rings is 1. The number of amides is 1. The van der Waals surface area contributed by atoms with E-state index in [-0.39, 0.29) is 17.6 Å². The smallest absolute Gasteiger partial charge is 0.225 e. The van der Waals surface area contributed by atoms with Crippen molar-refractivity contribution < 1.29 is 13.2 Å². The summed E-state index contributed by atoms with van der Waals surface area (Å²) >= 11 is 0. The summed E-state index contributed by atoms with van der Waals surface area (Å²) in [6, 6.07) is 8.02. The molecule has 0 N–H and O–H groups in total. The Hall–Kier alpha value is -1.40. The lowest BCUT2D eigenvalue weighted by atomic mass is 9.96. The summed E-state index contributed by atoms with van der Waals surface area (Å²) in [5.74, 6) is 0.202. The number of carbonyl (C=O) groups is 1. The third-order valence-corrected chi connectivity index (χ3v) is 7.70. The fourth-order valence-corrected chi connectivity index (χ4v) is 5.79. The number of aryl methyl sites for hydroxylation is 1. The second-order valence-corrected chi connectivity index (χ2v) is 9.77. The molecule has 2 fully saturated rings. The molecule has 1 heterocycles. The zero-order chi connectivity index (χ0) is 18.7. The highest BCUT2D eigenvalue weighted by molar-refractivity contribution is 7.88. The largest absolute Gasteiger partial charge is 0.343 e. The van der Waals surface area contributed by atoms with Crippen molar-refractivity contribution in [1.29, 1.82) is 0 Å². The summed E-state index contributed by atoms with van der Waals surface area (Å²) in [5.41, 5.74) is 1.89. The monoisotopic (exact) mass is 378 g/mol. The SMILES string of the molecule is Cc1cccc(CS(=O)(=O)N2CCC(C(=O)N(C)C3CCCC3)CC2)c1. The summed E-state index contributed by atoms with van der Waals surface area (Å²) in [4.78, 5) is 14.7. The summed E-state index contributed by atoms with van der Waals surface area (Å²) in [7, 11) is -1.41. The lowest BCUT2D eigenvalue weighted by Gasteiger charge is -2.34. The molecule has 1 saturated heterocycles. The molecule has 144 valence electrons. The Bertz CT molecular complexity index is 733. The van der Waals surface area contributed by atoms with Crippen LogP contribution in [0.5, 0.6) is 0 Å². The van der Waals surface area contributed by atoms with Gasteiger partial charge in [-0.1, -0.05) is 42.7 Å². The van der Waals surface area contributed by atoms with E-state index in [1.807, 2.05) is 43.1 Å². The van der Waals surface area contributed by atoms with E-state index in [1.54, 1.807) is 4.31 Å². The molecule has 0 bridgehead atoms. The minimum Gasteiger partial charge on any atom is -0.343 e. The van der Waals surface area contributed by atoms with Crippen molar-refractivity contribution in [3.63, 3.8) is 0 Å². The highest BCUT2D eigenvalue weighted by Crippen LogP contribution is 2.27. The van der Waals surface area contributed by atoms with Gasteiger partial charge in [0.1, 0.15) is 0 Å². The van der Waals surface area contributed by atoms with Crippen LogP contribution < -0.4 is 0 Å². The Morgan fingerprint density at radius 1 is 1.15 bits per heavy atom. The predicted octanol–water partition coefficient (Wildman–Crippen LogP) is 2.94. The van der Waals surface area contributed by atoms with Gasteiger partial charge in [-0.25, -0.2) is 12.7 Å². The molecule has 1 aliphatic carbocycles. The average molecular weight is 379 g/mol. The van der Waals surface area contributed by atoms with Crippen LogP contribution in [0.1, 0.15) is 49.7 Å². The fourth-order valence-electron chi connectivity index (χ4n) is 4.24. The molecule has 26 heavy (non-hydrogen) atoms. The van der Waals surface area contributed by atoms with Crippen LogP contribution in [-0.4, -0.2) is 49.7 Å². The van der Waals surface area contributed by atoms with E-state index in [0.29, 0.717) is 32.0 Å². The molecule has 5 nitrogen and oxygen atoms in total. The lowest BCUT2D eigenvalue weighted by molar-refractivity contribution is -0.137. The van der Waals surface area contributed by atoms with Gasteiger partial charge < -0.3 is 4.90 Å². The Balaban J connectivity index is 1.56. The van der Waals surface area contributed by atoms with Crippen molar-refractivity contribution in [2.75, 3.05) is 20.1 Å². The van der Waals surface area contributed by atoms with Gasteiger partial charge in [-0.2, -0.15) is 0 Å². The topological polar surface area (TPSA) is 57.7 Å². The molecule has 0 radical (unpaired) electrons. The Morgan fingerprint density at radius 2 is 1.81 bits per heavy atom. The maximum absolute atomic E-state index is 12.7. The van der Waals surface area contributed by atoms with E-state index in [2.05, 4.69) is 0 Å². The molecule has 1 aromatic rings. The van der Waals surface area contributed by atoms with Crippen molar-refractivity contribution >= 4 is 15.9 Å². The molecule has 1 saturated carbocycles. The van der Waals surface area contributed by atoms with Crippen LogP contribution in [0.25, 0.3) is 0 Å². The second kappa shape index (κ2) is 8.09. The van der Waals surface area contributed by atoms with Crippen molar-refractivity contribution in [3.8, 4) is 0 Å². The fraction of sp³-hybridized carbons (Fsp3) is 0.650. The van der Waals surface area contributed by atoms with Crippen LogP contribution in [0, 0.1) is 12.8 Å². The zero-order valence-corrected chi connectivity index (χ0v) is 16.7. The molecule has 2 aliphatic rings. The van der Waals surface area contributed by atoms with Crippen molar-refractivity contribution in [2.24, 2.45) is 5.92 Å². The molecular weight excluding hydrogens is 348 g/mol. The second-order valence-electron chi connectivity index (χ2n) is 7.81. The molecule has 0 spiro atoms. The molecule has 0 unspecified atom stereocenters. The highest BCUT2D eigenvalue weighted by Gasteiger charge is 2.34. The summed E-state index contributed by atoms with van der Waals surface area (Å²) in [6.07, 6.45) is 5.87. The van der Waals surface area contributed by atoms with Gasteiger partial charge in [0.25, 0.3) is 0 Å². The molecule has 1 aromatic carbocycles. The zero-order valence-electron chi connectivity index (χ0n) is 15.9. The Morgan fingerprint density at radius 3 is 2.42 bits per heavy atom. The summed E-state index contributed by atoms with van der Waals surface area (Å²) < 4.78 is 27.0. The highest BCUT2D eigenvalue weighted by atomic mass is 32.2. The van der Waals surface area contributed by atoms with E-state index >= 15 is 0 Å². The number of hydrogen-bond acceptors (Lipinski definition) is 3. The molecular formula is C20H30N2O3S. The van der Waals surface area contributed by atoms with Crippen LogP contribution in [-0.2, 0) is 20.6 Å². The van der Waals surface area contributed by atoms with Crippen LogP contribution in [0.2, 0.25) is 0 Å². The quantitative estimate of drug-likeness (QED) is 0.791. The van der Waals surface area contributed by atoms with E-state index in [4.69, 9.17) is 0 Å². The molecule has 3 rings (SSSR count). The normalized spacial score (nSPS) is 20.4. The minimum absolute atomic E-state index is 0.0361. The average Bonchev–Trinajstić information content (AvgIpc) is 3.15. The first-order valence-corrected chi connectivity index (χ1v) is 11.3.